The molecule has 0 radical (unpaired) electrons. The van der Waals surface area contributed by atoms with E-state index in [2.05, 4.69) is 27.6 Å². The van der Waals surface area contributed by atoms with Crippen LogP contribution in [0.25, 0.3) is 11.0 Å². The van der Waals surface area contributed by atoms with Crippen molar-refractivity contribution in [3.63, 3.8) is 0 Å². The van der Waals surface area contributed by atoms with Crippen LogP contribution in [0, 0.1) is 5.92 Å². The molecule has 0 unspecified atom stereocenters. The third-order valence-corrected chi connectivity index (χ3v) is 7.82. The molecule has 35 heavy (non-hydrogen) atoms. The summed E-state index contributed by atoms with van der Waals surface area (Å²) in [7, 11) is -3.72. The van der Waals surface area contributed by atoms with Gasteiger partial charge in [0.25, 0.3) is 5.91 Å². The molecule has 2 heterocycles. The molecule has 1 aliphatic rings. The van der Waals surface area contributed by atoms with Gasteiger partial charge in [0.2, 0.25) is 10.0 Å². The Balaban J connectivity index is 1.50. The number of hydrogen-bond donors (Lipinski definition) is 3. The molecule has 188 valence electrons. The lowest BCUT2D eigenvalue weighted by Gasteiger charge is -2.29. The molecular formula is C25H34N6O3S. The summed E-state index contributed by atoms with van der Waals surface area (Å²) in [5.74, 6) is 0.368. The maximum atomic E-state index is 13.2. The molecule has 4 rings (SSSR count). The minimum Gasteiger partial charge on any atom is -0.381 e. The minimum atomic E-state index is -3.72. The summed E-state index contributed by atoms with van der Waals surface area (Å²) in [6.07, 6.45) is 10.2. The number of anilines is 1. The van der Waals surface area contributed by atoms with E-state index in [0.29, 0.717) is 31.0 Å². The van der Waals surface area contributed by atoms with Gasteiger partial charge in [0.05, 0.1) is 27.7 Å². The molecule has 3 aromatic rings. The monoisotopic (exact) mass is 498 g/mol. The van der Waals surface area contributed by atoms with Crippen LogP contribution in [0.1, 0.15) is 61.9 Å². The van der Waals surface area contributed by atoms with Crippen LogP contribution >= 0.6 is 0 Å². The number of benzene rings is 1. The Labute approximate surface area is 206 Å². The first kappa shape index (κ1) is 25.1. The number of sulfonamides is 1. The van der Waals surface area contributed by atoms with Gasteiger partial charge in [0.15, 0.2) is 5.65 Å². The molecule has 0 spiro atoms. The summed E-state index contributed by atoms with van der Waals surface area (Å²) in [5.41, 5.74) is 2.94. The topological polar surface area (TPSA) is 132 Å². The molecule has 4 N–H and O–H groups in total. The van der Waals surface area contributed by atoms with Gasteiger partial charge in [0, 0.05) is 25.3 Å². The van der Waals surface area contributed by atoms with Crippen LogP contribution in [0.2, 0.25) is 0 Å². The largest absolute Gasteiger partial charge is 0.381 e. The number of carbonyl (C=O) groups is 1. The Bertz CT molecular complexity index is 1280. The summed E-state index contributed by atoms with van der Waals surface area (Å²) in [6.45, 7) is 5.31. The van der Waals surface area contributed by atoms with Gasteiger partial charge in [0.1, 0.15) is 0 Å². The van der Waals surface area contributed by atoms with Crippen molar-refractivity contribution < 1.29 is 13.2 Å². The van der Waals surface area contributed by atoms with E-state index in [1.165, 1.54) is 44.2 Å². The predicted molar refractivity (Wildman–Crippen MR) is 137 cm³/mol. The fraction of sp³-hybridized carbons (Fsp3) is 0.480. The van der Waals surface area contributed by atoms with E-state index < -0.39 is 10.0 Å². The van der Waals surface area contributed by atoms with Gasteiger partial charge < -0.3 is 10.6 Å². The standard InChI is InChI=1S/C25H34N6O3S/c1-3-31-24-21(16-29-31)23(30-17(2)19-7-5-4-6-8-19)22(15-28-24)25(32)27-14-13-18-9-11-20(12-10-18)35(26,33)34/h9-12,15-17,19H,3-8,13-14H2,1-2H3,(H,27,32)(H,28,30)(H2,26,33,34)/t17-/m1/s1. The summed E-state index contributed by atoms with van der Waals surface area (Å²) in [5, 5.41) is 17.1. The second kappa shape index (κ2) is 10.7. The number of fused-ring (bicyclic) bond motifs is 1. The Morgan fingerprint density at radius 1 is 1.17 bits per heavy atom. The molecule has 1 amide bonds. The van der Waals surface area contributed by atoms with Crippen molar-refractivity contribution in [2.24, 2.45) is 11.1 Å². The number of nitrogens with one attached hydrogen (secondary N) is 2. The zero-order chi connectivity index (χ0) is 25.0. The second-order valence-electron chi connectivity index (χ2n) is 9.27. The fourth-order valence-electron chi connectivity index (χ4n) is 4.83. The van der Waals surface area contributed by atoms with Crippen LogP contribution in [-0.2, 0) is 23.0 Å². The van der Waals surface area contributed by atoms with Crippen LogP contribution < -0.4 is 15.8 Å². The van der Waals surface area contributed by atoms with Gasteiger partial charge in [-0.2, -0.15) is 5.10 Å². The maximum absolute atomic E-state index is 13.2. The molecule has 1 fully saturated rings. The number of rotatable bonds is 9. The number of primary sulfonamides is 1. The number of pyridine rings is 1. The smallest absolute Gasteiger partial charge is 0.254 e. The van der Waals surface area contributed by atoms with E-state index in [9.17, 15) is 13.2 Å². The number of nitrogens with zero attached hydrogens (tertiary/aromatic N) is 3. The highest BCUT2D eigenvalue weighted by Crippen LogP contribution is 2.32. The van der Waals surface area contributed by atoms with Crippen molar-refractivity contribution in [2.45, 2.75) is 69.9 Å². The molecule has 1 saturated carbocycles. The third kappa shape index (κ3) is 5.82. The van der Waals surface area contributed by atoms with Gasteiger partial charge in [-0.25, -0.2) is 23.2 Å². The van der Waals surface area contributed by atoms with Crippen LogP contribution in [0.3, 0.4) is 0 Å². The average molecular weight is 499 g/mol. The third-order valence-electron chi connectivity index (χ3n) is 6.89. The highest BCUT2D eigenvalue weighted by molar-refractivity contribution is 7.89. The maximum Gasteiger partial charge on any atom is 0.254 e. The Kier molecular flexibility index (Phi) is 7.71. The van der Waals surface area contributed by atoms with Crippen LogP contribution in [0.5, 0.6) is 0 Å². The van der Waals surface area contributed by atoms with Gasteiger partial charge in [-0.15, -0.1) is 0 Å². The highest BCUT2D eigenvalue weighted by atomic mass is 32.2. The average Bonchev–Trinajstić information content (AvgIpc) is 3.28. The SMILES string of the molecule is CCn1ncc2c(N[C@H](C)C3CCCCC3)c(C(=O)NCCc3ccc(S(N)(=O)=O)cc3)cnc21. The first-order valence-corrected chi connectivity index (χ1v) is 13.8. The zero-order valence-electron chi connectivity index (χ0n) is 20.3. The van der Waals surface area contributed by atoms with Crippen LogP contribution in [0.4, 0.5) is 5.69 Å². The van der Waals surface area contributed by atoms with E-state index in [4.69, 9.17) is 5.14 Å². The summed E-state index contributed by atoms with van der Waals surface area (Å²) >= 11 is 0. The quantitative estimate of drug-likeness (QED) is 0.414. The van der Waals surface area contributed by atoms with E-state index in [-0.39, 0.29) is 16.8 Å². The van der Waals surface area contributed by atoms with Gasteiger partial charge in [-0.05, 0) is 56.7 Å². The van der Waals surface area contributed by atoms with E-state index in [1.54, 1.807) is 24.5 Å². The van der Waals surface area contributed by atoms with E-state index in [0.717, 1.165) is 22.3 Å². The lowest BCUT2D eigenvalue weighted by molar-refractivity contribution is 0.0954. The summed E-state index contributed by atoms with van der Waals surface area (Å²) in [6, 6.07) is 6.60. The lowest BCUT2D eigenvalue weighted by Crippen LogP contribution is -2.31. The first-order chi connectivity index (χ1) is 16.8. The minimum absolute atomic E-state index is 0.0695. The molecule has 0 bridgehead atoms. The van der Waals surface area contributed by atoms with Gasteiger partial charge >= 0.3 is 0 Å². The predicted octanol–water partition coefficient (Wildman–Crippen LogP) is 3.45. The molecular weight excluding hydrogens is 464 g/mol. The number of carbonyl (C=O) groups excluding carboxylic acids is 1. The first-order valence-electron chi connectivity index (χ1n) is 12.3. The van der Waals surface area contributed by atoms with Crippen molar-refractivity contribution in [1.29, 1.82) is 0 Å². The molecule has 0 saturated heterocycles. The fourth-order valence-corrected chi connectivity index (χ4v) is 5.34. The zero-order valence-corrected chi connectivity index (χ0v) is 21.1. The van der Waals surface area contributed by atoms with Crippen molar-refractivity contribution in [1.82, 2.24) is 20.1 Å². The highest BCUT2D eigenvalue weighted by Gasteiger charge is 2.24. The van der Waals surface area contributed by atoms with Crippen LogP contribution in [-0.4, -0.2) is 41.7 Å². The van der Waals surface area contributed by atoms with Gasteiger partial charge in [-0.1, -0.05) is 31.4 Å². The molecule has 2 aromatic heterocycles. The van der Waals surface area contributed by atoms with E-state index in [1.807, 2.05) is 11.6 Å². The summed E-state index contributed by atoms with van der Waals surface area (Å²) < 4.78 is 24.7. The van der Waals surface area contributed by atoms with Crippen molar-refractivity contribution in [2.75, 3.05) is 11.9 Å². The molecule has 9 nitrogen and oxygen atoms in total. The number of aryl methyl sites for hydroxylation is 1. The number of aromatic nitrogens is 3. The van der Waals surface area contributed by atoms with Crippen molar-refractivity contribution >= 4 is 32.7 Å². The van der Waals surface area contributed by atoms with Crippen molar-refractivity contribution in [3.8, 4) is 0 Å². The summed E-state index contributed by atoms with van der Waals surface area (Å²) in [4.78, 5) is 17.8. The molecule has 0 aliphatic heterocycles. The lowest BCUT2D eigenvalue weighted by atomic mass is 9.84. The number of hydrogen-bond acceptors (Lipinski definition) is 6. The normalized spacial score (nSPS) is 15.7. The van der Waals surface area contributed by atoms with E-state index >= 15 is 0 Å². The number of nitrogens with two attached hydrogens (primary N) is 1. The molecule has 1 aromatic carbocycles. The molecule has 10 heteroatoms. The second-order valence-corrected chi connectivity index (χ2v) is 10.8. The van der Waals surface area contributed by atoms with Gasteiger partial charge in [-0.3, -0.25) is 4.79 Å². The molecule has 1 atom stereocenters. The van der Waals surface area contributed by atoms with Crippen LogP contribution in [0.15, 0.2) is 41.6 Å². The Morgan fingerprint density at radius 2 is 1.89 bits per heavy atom. The Hall–Kier alpha value is -2.98. The van der Waals surface area contributed by atoms with Crippen molar-refractivity contribution in [3.05, 3.63) is 47.8 Å². The molecule has 1 aliphatic carbocycles. The number of amides is 1. The Morgan fingerprint density at radius 3 is 2.54 bits per heavy atom.